The number of nitrogens with zero attached hydrogens (tertiary/aromatic N) is 2. The van der Waals surface area contributed by atoms with Crippen LogP contribution in [0.15, 0.2) is 24.3 Å². The van der Waals surface area contributed by atoms with Crippen LogP contribution in [0.4, 0.5) is 4.39 Å². The summed E-state index contributed by atoms with van der Waals surface area (Å²) in [4.78, 5) is 27.0. The molecule has 0 bridgehead atoms. The number of piperidine rings is 1. The Morgan fingerprint density at radius 3 is 2.74 bits per heavy atom. The smallest absolute Gasteiger partial charge is 0.317 e. The highest BCUT2D eigenvalue weighted by atomic mass is 19.1. The number of carbonyl (C=O) groups is 2. The van der Waals surface area contributed by atoms with Gasteiger partial charge in [0.2, 0.25) is 5.91 Å². The SMILES string of the molecule is CCN(CC(=O)O)C1CCN(CC(=O)NCCOc2cccc(F)c2)CC1. The lowest BCUT2D eigenvalue weighted by molar-refractivity contribution is -0.139. The normalized spacial score (nSPS) is 15.7. The first-order valence-corrected chi connectivity index (χ1v) is 9.31. The third kappa shape index (κ3) is 7.52. The molecule has 1 saturated heterocycles. The number of amides is 1. The van der Waals surface area contributed by atoms with E-state index in [4.69, 9.17) is 9.84 Å². The topological polar surface area (TPSA) is 82.1 Å². The average Bonchev–Trinajstić information content (AvgIpc) is 2.64. The third-order valence-electron chi connectivity index (χ3n) is 4.67. The molecule has 1 aromatic carbocycles. The van der Waals surface area contributed by atoms with Crippen LogP contribution in [0.1, 0.15) is 19.8 Å². The fraction of sp³-hybridized carbons (Fsp3) is 0.579. The first kappa shape index (κ1) is 21.1. The highest BCUT2D eigenvalue weighted by Gasteiger charge is 2.25. The summed E-state index contributed by atoms with van der Waals surface area (Å²) < 4.78 is 18.4. The number of nitrogens with one attached hydrogen (secondary N) is 1. The van der Waals surface area contributed by atoms with E-state index in [2.05, 4.69) is 10.2 Å². The Bertz CT molecular complexity index is 621. The lowest BCUT2D eigenvalue weighted by Crippen LogP contribution is -2.48. The first-order chi connectivity index (χ1) is 13.0. The van der Waals surface area contributed by atoms with Crippen LogP contribution in [0.3, 0.4) is 0 Å². The summed E-state index contributed by atoms with van der Waals surface area (Å²) in [6.07, 6.45) is 1.72. The monoisotopic (exact) mass is 381 g/mol. The Labute approximate surface area is 159 Å². The van der Waals surface area contributed by atoms with E-state index in [1.165, 1.54) is 12.1 Å². The van der Waals surface area contributed by atoms with E-state index in [1.54, 1.807) is 12.1 Å². The molecule has 0 saturated carbocycles. The predicted octanol–water partition coefficient (Wildman–Crippen LogP) is 1.19. The average molecular weight is 381 g/mol. The van der Waals surface area contributed by atoms with Crippen LogP contribution in [-0.4, -0.2) is 78.7 Å². The highest BCUT2D eigenvalue weighted by molar-refractivity contribution is 5.78. The molecule has 7 nitrogen and oxygen atoms in total. The third-order valence-corrected chi connectivity index (χ3v) is 4.67. The number of benzene rings is 1. The molecular formula is C19H28FN3O4. The molecule has 0 aliphatic carbocycles. The van der Waals surface area contributed by atoms with Gasteiger partial charge in [-0.15, -0.1) is 0 Å². The van der Waals surface area contributed by atoms with Crippen molar-refractivity contribution in [2.75, 3.05) is 45.9 Å². The first-order valence-electron chi connectivity index (χ1n) is 9.31. The number of ether oxygens (including phenoxy) is 1. The van der Waals surface area contributed by atoms with Gasteiger partial charge in [0, 0.05) is 25.2 Å². The molecular weight excluding hydrogens is 353 g/mol. The molecule has 27 heavy (non-hydrogen) atoms. The summed E-state index contributed by atoms with van der Waals surface area (Å²) in [5.41, 5.74) is 0. The molecule has 1 heterocycles. The zero-order valence-electron chi connectivity index (χ0n) is 15.7. The van der Waals surface area contributed by atoms with Crippen molar-refractivity contribution in [3.8, 4) is 5.75 Å². The number of carbonyl (C=O) groups excluding carboxylic acids is 1. The molecule has 1 fully saturated rings. The van der Waals surface area contributed by atoms with Crippen LogP contribution in [0, 0.1) is 5.82 Å². The maximum absolute atomic E-state index is 13.0. The molecule has 150 valence electrons. The molecule has 0 spiro atoms. The van der Waals surface area contributed by atoms with E-state index in [0.29, 0.717) is 25.4 Å². The molecule has 2 N–H and O–H groups in total. The van der Waals surface area contributed by atoms with Gasteiger partial charge >= 0.3 is 5.97 Å². The van der Waals surface area contributed by atoms with Gasteiger partial charge in [-0.05, 0) is 31.5 Å². The standard InChI is InChI=1S/C19H28FN3O4/c1-2-23(14-19(25)26)16-6-9-22(10-7-16)13-18(24)21-8-11-27-17-5-3-4-15(20)12-17/h3-5,12,16H,2,6-11,13-14H2,1H3,(H,21,24)(H,25,26). The molecule has 1 amide bonds. The fourth-order valence-electron chi connectivity index (χ4n) is 3.29. The maximum Gasteiger partial charge on any atom is 0.317 e. The summed E-state index contributed by atoms with van der Waals surface area (Å²) in [5.74, 6) is -0.800. The van der Waals surface area contributed by atoms with Crippen molar-refractivity contribution in [2.24, 2.45) is 0 Å². The zero-order valence-corrected chi connectivity index (χ0v) is 15.7. The number of likely N-dealkylation sites (N-methyl/N-ethyl adjacent to an activating group) is 1. The number of rotatable bonds is 10. The number of halogens is 1. The van der Waals surface area contributed by atoms with Gasteiger partial charge in [-0.3, -0.25) is 19.4 Å². The van der Waals surface area contributed by atoms with Crippen molar-refractivity contribution < 1.29 is 23.8 Å². The molecule has 1 aliphatic rings. The van der Waals surface area contributed by atoms with Gasteiger partial charge in [-0.1, -0.05) is 13.0 Å². The molecule has 1 aliphatic heterocycles. The molecule has 0 unspecified atom stereocenters. The summed E-state index contributed by atoms with van der Waals surface area (Å²) in [6, 6.07) is 6.14. The van der Waals surface area contributed by atoms with Crippen LogP contribution in [0.25, 0.3) is 0 Å². The summed E-state index contributed by atoms with van der Waals surface area (Å²) in [6.45, 7) is 5.23. The second-order valence-corrected chi connectivity index (χ2v) is 6.62. The van der Waals surface area contributed by atoms with E-state index in [0.717, 1.165) is 25.9 Å². The Hall–Kier alpha value is -2.19. The van der Waals surface area contributed by atoms with Crippen molar-refractivity contribution in [3.05, 3.63) is 30.1 Å². The van der Waals surface area contributed by atoms with E-state index in [-0.39, 0.29) is 30.9 Å². The number of aliphatic carboxylic acids is 1. The van der Waals surface area contributed by atoms with Gasteiger partial charge in [-0.2, -0.15) is 0 Å². The second-order valence-electron chi connectivity index (χ2n) is 6.62. The largest absolute Gasteiger partial charge is 0.492 e. The van der Waals surface area contributed by atoms with Crippen molar-refractivity contribution in [1.29, 1.82) is 0 Å². The zero-order chi connectivity index (χ0) is 19.6. The summed E-state index contributed by atoms with van der Waals surface area (Å²) >= 11 is 0. The Balaban J connectivity index is 1.62. The van der Waals surface area contributed by atoms with Crippen LogP contribution in [0.5, 0.6) is 5.75 Å². The van der Waals surface area contributed by atoms with Crippen molar-refractivity contribution in [1.82, 2.24) is 15.1 Å². The van der Waals surface area contributed by atoms with Crippen LogP contribution >= 0.6 is 0 Å². The molecule has 8 heteroatoms. The fourth-order valence-corrected chi connectivity index (χ4v) is 3.29. The van der Waals surface area contributed by atoms with E-state index in [1.807, 2.05) is 11.8 Å². The minimum atomic E-state index is -0.806. The van der Waals surface area contributed by atoms with Crippen molar-refractivity contribution in [3.63, 3.8) is 0 Å². The summed E-state index contributed by atoms with van der Waals surface area (Å²) in [7, 11) is 0. The number of carboxylic acids is 1. The summed E-state index contributed by atoms with van der Waals surface area (Å²) in [5, 5.41) is 11.8. The van der Waals surface area contributed by atoms with Crippen LogP contribution in [-0.2, 0) is 9.59 Å². The number of hydrogen-bond acceptors (Lipinski definition) is 5. The highest BCUT2D eigenvalue weighted by Crippen LogP contribution is 2.16. The molecule has 0 aromatic heterocycles. The maximum atomic E-state index is 13.0. The number of carboxylic acid groups (broad SMARTS) is 1. The van der Waals surface area contributed by atoms with Gasteiger partial charge in [0.25, 0.3) is 0 Å². The molecule has 0 radical (unpaired) electrons. The van der Waals surface area contributed by atoms with Gasteiger partial charge in [0.05, 0.1) is 19.6 Å². The van der Waals surface area contributed by atoms with Gasteiger partial charge in [-0.25, -0.2) is 4.39 Å². The lowest BCUT2D eigenvalue weighted by atomic mass is 10.0. The predicted molar refractivity (Wildman–Crippen MR) is 99.2 cm³/mol. The van der Waals surface area contributed by atoms with Gasteiger partial charge < -0.3 is 15.2 Å². The Kier molecular flexibility index (Phi) is 8.47. The quantitative estimate of drug-likeness (QED) is 0.593. The van der Waals surface area contributed by atoms with E-state index >= 15 is 0 Å². The van der Waals surface area contributed by atoms with Gasteiger partial charge in [0.15, 0.2) is 0 Å². The van der Waals surface area contributed by atoms with E-state index in [9.17, 15) is 14.0 Å². The molecule has 1 aromatic rings. The Morgan fingerprint density at radius 1 is 1.37 bits per heavy atom. The van der Waals surface area contributed by atoms with Crippen molar-refractivity contribution in [2.45, 2.75) is 25.8 Å². The molecule has 2 rings (SSSR count). The minimum Gasteiger partial charge on any atom is -0.492 e. The van der Waals surface area contributed by atoms with Crippen LogP contribution in [0.2, 0.25) is 0 Å². The minimum absolute atomic E-state index is 0.0625. The van der Waals surface area contributed by atoms with E-state index < -0.39 is 5.97 Å². The Morgan fingerprint density at radius 2 is 2.11 bits per heavy atom. The van der Waals surface area contributed by atoms with Crippen LogP contribution < -0.4 is 10.1 Å². The van der Waals surface area contributed by atoms with Gasteiger partial charge in [0.1, 0.15) is 18.2 Å². The second kappa shape index (κ2) is 10.8. The van der Waals surface area contributed by atoms with Crippen molar-refractivity contribution >= 4 is 11.9 Å². The number of likely N-dealkylation sites (tertiary alicyclic amines) is 1. The molecule has 0 atom stereocenters. The lowest BCUT2D eigenvalue weighted by Gasteiger charge is -2.37. The number of hydrogen-bond donors (Lipinski definition) is 2.